The predicted octanol–water partition coefficient (Wildman–Crippen LogP) is 4.57. The smallest absolute Gasteiger partial charge is 0.130 e. The minimum Gasteiger partial charge on any atom is -0.370 e. The maximum Gasteiger partial charge on any atom is 0.130 e. The highest BCUT2D eigenvalue weighted by Crippen LogP contribution is 2.28. The van der Waals surface area contributed by atoms with Crippen LogP contribution in [-0.2, 0) is 5.75 Å². The first-order valence-electron chi connectivity index (χ1n) is 7.19. The standard InChI is InChI=1S/C17H16F2N2S.BrH/c18-14-6-3-7-15(19)13(14)11-22-16-8-2-1-5-12(16)17-20-9-4-10-21-17;/h1-3,5-8H,4,9-11H2,(H,20,21);1H. The van der Waals surface area contributed by atoms with Gasteiger partial charge in [0.25, 0.3) is 0 Å². The van der Waals surface area contributed by atoms with E-state index >= 15 is 0 Å². The molecule has 6 heteroatoms. The zero-order valence-corrected chi connectivity index (χ0v) is 14.9. The summed E-state index contributed by atoms with van der Waals surface area (Å²) in [5, 5.41) is 3.29. The quantitative estimate of drug-likeness (QED) is 0.762. The minimum absolute atomic E-state index is 0. The van der Waals surface area contributed by atoms with Crippen molar-refractivity contribution in [2.45, 2.75) is 17.1 Å². The minimum atomic E-state index is -0.502. The van der Waals surface area contributed by atoms with Crippen LogP contribution in [0.5, 0.6) is 0 Å². The van der Waals surface area contributed by atoms with Gasteiger partial charge >= 0.3 is 0 Å². The van der Waals surface area contributed by atoms with Crippen molar-refractivity contribution >= 4 is 34.6 Å². The van der Waals surface area contributed by atoms with Crippen molar-refractivity contribution in [2.24, 2.45) is 4.99 Å². The highest BCUT2D eigenvalue weighted by Gasteiger charge is 2.14. The Balaban J connectivity index is 0.00000192. The summed E-state index contributed by atoms with van der Waals surface area (Å²) in [5.74, 6) is 0.114. The molecule has 0 fully saturated rings. The van der Waals surface area contributed by atoms with Gasteiger partial charge in [-0.15, -0.1) is 28.7 Å². The molecule has 1 heterocycles. The molecule has 0 saturated carbocycles. The Labute approximate surface area is 149 Å². The normalized spacial score (nSPS) is 13.7. The summed E-state index contributed by atoms with van der Waals surface area (Å²) >= 11 is 1.42. The fraction of sp³-hybridized carbons (Fsp3) is 0.235. The molecule has 0 saturated heterocycles. The number of nitrogens with one attached hydrogen (secondary N) is 1. The second-order valence-electron chi connectivity index (χ2n) is 5.00. The third-order valence-corrected chi connectivity index (χ3v) is 4.57. The maximum absolute atomic E-state index is 13.7. The maximum atomic E-state index is 13.7. The molecule has 2 aromatic carbocycles. The van der Waals surface area contributed by atoms with Gasteiger partial charge in [-0.1, -0.05) is 24.3 Å². The zero-order valence-electron chi connectivity index (χ0n) is 12.4. The van der Waals surface area contributed by atoms with Crippen LogP contribution in [0.15, 0.2) is 52.4 Å². The predicted molar refractivity (Wildman–Crippen MR) is 96.7 cm³/mol. The molecule has 0 spiro atoms. The van der Waals surface area contributed by atoms with Crippen LogP contribution >= 0.6 is 28.7 Å². The molecule has 0 atom stereocenters. The highest BCUT2D eigenvalue weighted by molar-refractivity contribution is 8.93. The zero-order chi connectivity index (χ0) is 15.4. The Hall–Kier alpha value is -1.40. The Morgan fingerprint density at radius 2 is 1.78 bits per heavy atom. The summed E-state index contributed by atoms with van der Waals surface area (Å²) in [7, 11) is 0. The molecule has 0 aliphatic carbocycles. The highest BCUT2D eigenvalue weighted by atomic mass is 79.9. The summed E-state index contributed by atoms with van der Waals surface area (Å²) in [4.78, 5) is 5.47. The lowest BCUT2D eigenvalue weighted by Gasteiger charge is -2.17. The van der Waals surface area contributed by atoms with Crippen LogP contribution in [0.1, 0.15) is 17.5 Å². The lowest BCUT2D eigenvalue weighted by Crippen LogP contribution is -2.30. The van der Waals surface area contributed by atoms with E-state index < -0.39 is 11.6 Å². The Kier molecular flexibility index (Phi) is 6.59. The molecule has 1 aliphatic rings. The molecule has 23 heavy (non-hydrogen) atoms. The average molecular weight is 399 g/mol. The van der Waals surface area contributed by atoms with Gasteiger partial charge in [-0.2, -0.15) is 0 Å². The van der Waals surface area contributed by atoms with Gasteiger partial charge in [-0.25, -0.2) is 8.78 Å². The van der Waals surface area contributed by atoms with Crippen molar-refractivity contribution in [2.75, 3.05) is 13.1 Å². The van der Waals surface area contributed by atoms with Crippen molar-refractivity contribution in [1.82, 2.24) is 5.32 Å². The average Bonchev–Trinajstić information content (AvgIpc) is 2.56. The second-order valence-corrected chi connectivity index (χ2v) is 6.01. The van der Waals surface area contributed by atoms with Crippen molar-refractivity contribution in [1.29, 1.82) is 0 Å². The number of halogens is 3. The van der Waals surface area contributed by atoms with Crippen molar-refractivity contribution in [3.05, 3.63) is 65.2 Å². The molecule has 1 aliphatic heterocycles. The number of benzene rings is 2. The lowest BCUT2D eigenvalue weighted by atomic mass is 10.2. The molecule has 2 aromatic rings. The van der Waals surface area contributed by atoms with E-state index in [1.54, 1.807) is 0 Å². The van der Waals surface area contributed by atoms with Crippen molar-refractivity contribution in [3.8, 4) is 0 Å². The number of thioether (sulfide) groups is 1. The molecule has 2 nitrogen and oxygen atoms in total. The van der Waals surface area contributed by atoms with E-state index in [1.807, 2.05) is 24.3 Å². The molecule has 0 bridgehead atoms. The summed E-state index contributed by atoms with van der Waals surface area (Å²) in [5.41, 5.74) is 1.10. The first-order chi connectivity index (χ1) is 10.8. The number of aliphatic imine (C=N–C) groups is 1. The lowest BCUT2D eigenvalue weighted by molar-refractivity contribution is 0.566. The van der Waals surface area contributed by atoms with E-state index in [1.165, 1.54) is 30.0 Å². The van der Waals surface area contributed by atoms with Gasteiger partial charge in [0.1, 0.15) is 17.5 Å². The van der Waals surface area contributed by atoms with Crippen molar-refractivity contribution in [3.63, 3.8) is 0 Å². The Morgan fingerprint density at radius 3 is 2.48 bits per heavy atom. The van der Waals surface area contributed by atoms with Crippen LogP contribution in [0, 0.1) is 11.6 Å². The summed E-state index contributed by atoms with van der Waals surface area (Å²) in [6.07, 6.45) is 1.03. The number of nitrogens with zero attached hydrogens (tertiary/aromatic N) is 1. The van der Waals surface area contributed by atoms with Gasteiger partial charge in [0.15, 0.2) is 0 Å². The van der Waals surface area contributed by atoms with Crippen LogP contribution in [0.2, 0.25) is 0 Å². The van der Waals surface area contributed by atoms with Crippen LogP contribution < -0.4 is 5.32 Å². The molecular formula is C17H17BrF2N2S. The number of rotatable bonds is 4. The molecule has 0 amide bonds. The molecule has 3 rings (SSSR count). The fourth-order valence-electron chi connectivity index (χ4n) is 2.32. The van der Waals surface area contributed by atoms with Crippen LogP contribution in [0.3, 0.4) is 0 Å². The van der Waals surface area contributed by atoms with E-state index in [9.17, 15) is 8.78 Å². The van der Waals surface area contributed by atoms with Gasteiger partial charge < -0.3 is 5.32 Å². The molecule has 0 radical (unpaired) electrons. The van der Waals surface area contributed by atoms with Gasteiger partial charge in [-0.3, -0.25) is 4.99 Å². The van der Waals surface area contributed by atoms with Gasteiger partial charge in [0.05, 0.1) is 0 Å². The first-order valence-corrected chi connectivity index (χ1v) is 8.17. The third kappa shape index (κ3) is 4.32. The fourth-order valence-corrected chi connectivity index (χ4v) is 3.39. The Morgan fingerprint density at radius 1 is 1.04 bits per heavy atom. The van der Waals surface area contributed by atoms with Gasteiger partial charge in [0.2, 0.25) is 0 Å². The Bertz CT molecular complexity index is 686. The van der Waals surface area contributed by atoms with Crippen LogP contribution in [-0.4, -0.2) is 18.9 Å². The molecule has 0 unspecified atom stereocenters. The topological polar surface area (TPSA) is 24.4 Å². The van der Waals surface area contributed by atoms with E-state index in [0.29, 0.717) is 0 Å². The van der Waals surface area contributed by atoms with Gasteiger partial charge in [0, 0.05) is 34.9 Å². The van der Waals surface area contributed by atoms with Crippen molar-refractivity contribution < 1.29 is 8.78 Å². The van der Waals surface area contributed by atoms with Crippen LogP contribution in [0.4, 0.5) is 8.78 Å². The SMILES string of the molecule is Br.Fc1cccc(F)c1CSc1ccccc1C1=NCCCN1. The summed E-state index contributed by atoms with van der Waals surface area (Å²) in [6.45, 7) is 1.71. The number of amidine groups is 1. The largest absolute Gasteiger partial charge is 0.370 e. The second kappa shape index (κ2) is 8.45. The van der Waals surface area contributed by atoms with E-state index in [4.69, 9.17) is 0 Å². The monoisotopic (exact) mass is 398 g/mol. The summed E-state index contributed by atoms with van der Waals surface area (Å²) in [6, 6.07) is 11.8. The number of hydrogen-bond acceptors (Lipinski definition) is 3. The van der Waals surface area contributed by atoms with E-state index in [0.717, 1.165) is 35.8 Å². The van der Waals surface area contributed by atoms with Crippen LogP contribution in [0.25, 0.3) is 0 Å². The first kappa shape index (κ1) is 17.9. The number of hydrogen-bond donors (Lipinski definition) is 1. The molecular weight excluding hydrogens is 382 g/mol. The third-order valence-electron chi connectivity index (χ3n) is 3.47. The molecule has 1 N–H and O–H groups in total. The van der Waals surface area contributed by atoms with Gasteiger partial charge in [-0.05, 0) is 24.6 Å². The molecule has 0 aromatic heterocycles. The van der Waals surface area contributed by atoms with E-state index in [2.05, 4.69) is 10.3 Å². The summed E-state index contributed by atoms with van der Waals surface area (Å²) < 4.78 is 27.4. The molecule has 122 valence electrons. The van der Waals surface area contributed by atoms with E-state index in [-0.39, 0.29) is 28.3 Å².